The number of allylic oxidation sites excluding steroid dienone is 6. The second kappa shape index (κ2) is 9.48. The second-order valence-electron chi connectivity index (χ2n) is 4.13. The molecule has 0 fully saturated rings. The van der Waals surface area contributed by atoms with E-state index >= 15 is 0 Å². The van der Waals surface area contributed by atoms with Crippen LogP contribution in [-0.4, -0.2) is 5.78 Å². The number of rotatable bonds is 3. The van der Waals surface area contributed by atoms with Crippen LogP contribution in [0.1, 0.15) is 25.3 Å². The van der Waals surface area contributed by atoms with Crippen molar-refractivity contribution in [2.75, 3.05) is 0 Å². The molecule has 2 rings (SSSR count). The average molecular weight is 298 g/mol. The predicted molar refractivity (Wildman–Crippen MR) is 72.0 cm³/mol. The molecule has 0 aromatic heterocycles. The van der Waals surface area contributed by atoms with Gasteiger partial charge < -0.3 is 5.11 Å². The molecule has 0 spiro atoms. The van der Waals surface area contributed by atoms with Crippen LogP contribution in [0, 0.1) is 6.92 Å². The molecule has 0 amide bonds. The first-order valence-electron chi connectivity index (χ1n) is 6.08. The molecule has 1 aliphatic carbocycles. The van der Waals surface area contributed by atoms with E-state index in [0.717, 1.165) is 0 Å². The molecule has 1 aliphatic rings. The molecule has 0 N–H and O–H groups in total. The number of hydrogen-bond donors (Lipinski definition) is 0. The molecule has 19 heavy (non-hydrogen) atoms. The first-order chi connectivity index (χ1) is 8.63. The van der Waals surface area contributed by atoms with Crippen molar-refractivity contribution in [1.82, 2.24) is 0 Å². The van der Waals surface area contributed by atoms with Gasteiger partial charge in [0.1, 0.15) is 5.78 Å². The average Bonchev–Trinajstić information content (AvgIpc) is 3.01. The van der Waals surface area contributed by atoms with Gasteiger partial charge in [0.25, 0.3) is 0 Å². The van der Waals surface area contributed by atoms with E-state index in [0.29, 0.717) is 12.0 Å². The minimum Gasteiger partial charge on any atom is -0.875 e. The normalized spacial score (nSPS) is 11.6. The Morgan fingerprint density at radius 3 is 2.32 bits per heavy atom. The molecule has 1 aromatic rings. The molecule has 0 saturated carbocycles. The molecule has 0 saturated heterocycles. The topological polar surface area (TPSA) is 40.1 Å². The number of carbonyl (C=O) groups is 1. The number of carbonyl (C=O) groups excluding carboxylic acids is 1. The van der Waals surface area contributed by atoms with Crippen molar-refractivity contribution in [1.29, 1.82) is 0 Å². The molecule has 1 aromatic carbocycles. The van der Waals surface area contributed by atoms with Crippen LogP contribution in [0.3, 0.4) is 0 Å². The molecule has 0 aliphatic heterocycles. The summed E-state index contributed by atoms with van der Waals surface area (Å²) in [7, 11) is 0. The zero-order valence-electron chi connectivity index (χ0n) is 11.2. The number of Topliss-reactive ketones (excluding diaryl/α,β-unsaturated/α-hetero) is 1. The number of aryl methyl sites for hydroxylation is 1. The Morgan fingerprint density at radius 2 is 1.95 bits per heavy atom. The van der Waals surface area contributed by atoms with Crippen LogP contribution in [0.15, 0.2) is 59.9 Å². The maximum Gasteiger partial charge on any atom is 2.00 e. The summed E-state index contributed by atoms with van der Waals surface area (Å²) in [6.07, 6.45) is 7.52. The Hall–Kier alpha value is -1.44. The maximum absolute atomic E-state index is 11.3. The monoisotopic (exact) mass is 298 g/mol. The quantitative estimate of drug-likeness (QED) is 0.489. The summed E-state index contributed by atoms with van der Waals surface area (Å²) in [4.78, 5) is 10.9. The Morgan fingerprint density at radius 1 is 1.32 bits per heavy atom. The Bertz CT molecular complexity index is 451. The fourth-order valence-electron chi connectivity index (χ4n) is 1.44. The SMILES string of the molecule is CCC(=O)CC([O-])=C1C=CC=C1.Cc1ccc[cH-]1.[Fe+2]. The van der Waals surface area contributed by atoms with Crippen molar-refractivity contribution in [3.63, 3.8) is 0 Å². The second-order valence-corrected chi connectivity index (χ2v) is 4.13. The van der Waals surface area contributed by atoms with Gasteiger partial charge in [0, 0.05) is 12.8 Å². The molecule has 0 heterocycles. The van der Waals surface area contributed by atoms with E-state index in [4.69, 9.17) is 0 Å². The van der Waals surface area contributed by atoms with Gasteiger partial charge >= 0.3 is 17.1 Å². The van der Waals surface area contributed by atoms with Crippen LogP contribution in [-0.2, 0) is 21.9 Å². The Labute approximate surface area is 125 Å². The van der Waals surface area contributed by atoms with Gasteiger partial charge in [-0.1, -0.05) is 38.2 Å². The van der Waals surface area contributed by atoms with Crippen LogP contribution >= 0.6 is 0 Å². The van der Waals surface area contributed by atoms with Gasteiger partial charge in [-0.15, -0.1) is 5.76 Å². The van der Waals surface area contributed by atoms with Crippen LogP contribution in [0.25, 0.3) is 0 Å². The minimum atomic E-state index is -0.0770. The summed E-state index contributed by atoms with van der Waals surface area (Å²) >= 11 is 0. The fourth-order valence-corrected chi connectivity index (χ4v) is 1.44. The van der Waals surface area contributed by atoms with E-state index in [1.54, 1.807) is 31.2 Å². The summed E-state index contributed by atoms with van der Waals surface area (Å²) in [6.45, 7) is 3.85. The maximum atomic E-state index is 11.3. The van der Waals surface area contributed by atoms with Crippen LogP contribution in [0.4, 0.5) is 0 Å². The van der Waals surface area contributed by atoms with E-state index < -0.39 is 0 Å². The van der Waals surface area contributed by atoms with Gasteiger partial charge in [0.15, 0.2) is 0 Å². The summed E-state index contributed by atoms with van der Waals surface area (Å²) < 4.78 is 0. The third-order valence-corrected chi connectivity index (χ3v) is 2.57. The van der Waals surface area contributed by atoms with Crippen LogP contribution in [0.5, 0.6) is 0 Å². The van der Waals surface area contributed by atoms with Gasteiger partial charge in [0.2, 0.25) is 0 Å². The first kappa shape index (κ1) is 17.6. The standard InChI is InChI=1S/C10H12O2.C6H7.Fe/c1-2-9(11)7-10(12)8-5-3-4-6-8;1-6-4-2-3-5-6;/h3-6,12H,2,7H2,1H3;2-5H,1H3;/q;-1;+2/p-1. The number of ketones is 1. The smallest absolute Gasteiger partial charge is 0.875 e. The van der Waals surface area contributed by atoms with E-state index in [-0.39, 0.29) is 35.0 Å². The van der Waals surface area contributed by atoms with E-state index in [2.05, 4.69) is 19.1 Å². The zero-order chi connectivity index (χ0) is 13.4. The molecule has 0 radical (unpaired) electrons. The van der Waals surface area contributed by atoms with Crippen molar-refractivity contribution in [2.24, 2.45) is 0 Å². The molecule has 102 valence electrons. The molecular formula is C16H18FeO2. The molecular weight excluding hydrogens is 280 g/mol. The summed E-state index contributed by atoms with van der Waals surface area (Å²) in [6, 6.07) is 8.24. The van der Waals surface area contributed by atoms with Gasteiger partial charge in [-0.3, -0.25) is 4.79 Å². The first-order valence-corrected chi connectivity index (χ1v) is 6.08. The largest absolute Gasteiger partial charge is 2.00 e. The van der Waals surface area contributed by atoms with E-state index in [9.17, 15) is 9.90 Å². The van der Waals surface area contributed by atoms with Gasteiger partial charge in [-0.25, -0.2) is 12.1 Å². The molecule has 0 bridgehead atoms. The van der Waals surface area contributed by atoms with E-state index in [1.807, 2.05) is 12.1 Å². The van der Waals surface area contributed by atoms with Crippen molar-refractivity contribution in [2.45, 2.75) is 26.7 Å². The molecule has 3 heteroatoms. The Kier molecular flexibility index (Phi) is 8.77. The third kappa shape index (κ3) is 6.90. The van der Waals surface area contributed by atoms with Crippen molar-refractivity contribution >= 4 is 5.78 Å². The van der Waals surface area contributed by atoms with E-state index in [1.165, 1.54) is 5.56 Å². The minimum absolute atomic E-state index is 0. The van der Waals surface area contributed by atoms with Gasteiger partial charge in [0.05, 0.1) is 0 Å². The van der Waals surface area contributed by atoms with Crippen LogP contribution < -0.4 is 5.11 Å². The number of hydrogen-bond acceptors (Lipinski definition) is 2. The van der Waals surface area contributed by atoms with Crippen molar-refractivity contribution in [3.05, 3.63) is 65.5 Å². The predicted octanol–water partition coefficient (Wildman–Crippen LogP) is 2.81. The van der Waals surface area contributed by atoms with Gasteiger partial charge in [-0.05, 0) is 5.57 Å². The molecule has 0 atom stereocenters. The Balaban J connectivity index is 0.000000392. The summed E-state index contributed by atoms with van der Waals surface area (Å²) in [5.74, 6) is -0.0759. The molecule has 0 unspecified atom stereocenters. The van der Waals surface area contributed by atoms with Gasteiger partial charge in [-0.2, -0.15) is 17.7 Å². The summed E-state index contributed by atoms with van der Waals surface area (Å²) in [5.41, 5.74) is 1.98. The molecule has 2 nitrogen and oxygen atoms in total. The van der Waals surface area contributed by atoms with Crippen LogP contribution in [0.2, 0.25) is 0 Å². The third-order valence-electron chi connectivity index (χ3n) is 2.57. The summed E-state index contributed by atoms with van der Waals surface area (Å²) in [5, 5.41) is 11.3. The van der Waals surface area contributed by atoms with Crippen molar-refractivity contribution in [3.8, 4) is 0 Å². The fraction of sp³-hybridized carbons (Fsp3) is 0.250. The van der Waals surface area contributed by atoms with Crippen molar-refractivity contribution < 1.29 is 27.0 Å². The zero-order valence-corrected chi connectivity index (χ0v) is 12.3.